The van der Waals surface area contributed by atoms with E-state index < -0.39 is 45.5 Å². The van der Waals surface area contributed by atoms with Crippen molar-refractivity contribution in [3.05, 3.63) is 40.8 Å². The molecule has 1 fully saturated rings. The van der Waals surface area contributed by atoms with E-state index in [1.807, 2.05) is 0 Å². The Morgan fingerprint density at radius 2 is 1.51 bits per heavy atom. The van der Waals surface area contributed by atoms with Crippen molar-refractivity contribution in [2.24, 2.45) is 10.8 Å². The minimum Gasteiger partial charge on any atom is -0.437 e. The average Bonchev–Trinajstić information content (AvgIpc) is 2.82. The molecule has 0 radical (unpaired) electrons. The summed E-state index contributed by atoms with van der Waals surface area (Å²) >= 11 is 0. The Hall–Kier alpha value is -2.28. The van der Waals surface area contributed by atoms with Gasteiger partial charge in [0.05, 0.1) is 0 Å². The maximum absolute atomic E-state index is 13.0. The molecule has 1 aliphatic rings. The van der Waals surface area contributed by atoms with Gasteiger partial charge < -0.3 is 37.4 Å². The molecule has 3 amide bonds. The third-order valence-electron chi connectivity index (χ3n) is 7.65. The molecule has 1 heterocycles. The molecule has 0 spiro atoms. The average molecular weight is 724 g/mol. The Kier molecular flexibility index (Phi) is 12.2. The second kappa shape index (κ2) is 14.7. The van der Waals surface area contributed by atoms with Crippen molar-refractivity contribution < 1.29 is 31.1 Å². The Balaban J connectivity index is 1.55. The molecule has 264 valence electrons. The van der Waals surface area contributed by atoms with Gasteiger partial charge in [-0.15, -0.1) is 0 Å². The number of urea groups is 1. The topological polar surface area (TPSA) is 137 Å². The Bertz CT molecular complexity index is 1470. The van der Waals surface area contributed by atoms with Gasteiger partial charge in [-0.25, -0.2) is 14.4 Å². The van der Waals surface area contributed by atoms with Gasteiger partial charge in [0, 0.05) is 42.7 Å². The minimum absolute atomic E-state index is 0.0664. The van der Waals surface area contributed by atoms with E-state index in [0.29, 0.717) is 31.1 Å². The summed E-state index contributed by atoms with van der Waals surface area (Å²) in [7, 11) is -8.77. The number of amides is 3. The number of carbonyl (C=O) groups is 2. The molecule has 0 bridgehead atoms. The van der Waals surface area contributed by atoms with Gasteiger partial charge in [0.15, 0.2) is 16.6 Å². The molecular formula is C32H57N3O8Si4. The van der Waals surface area contributed by atoms with Crippen molar-refractivity contribution in [3.8, 4) is 5.75 Å². The van der Waals surface area contributed by atoms with E-state index in [0.717, 1.165) is 18.2 Å². The van der Waals surface area contributed by atoms with Crippen molar-refractivity contribution in [1.29, 1.82) is 0 Å². The number of hydrogen-bond acceptors (Lipinski definition) is 8. The molecule has 15 heteroatoms. The van der Waals surface area contributed by atoms with Crippen molar-refractivity contribution in [3.63, 3.8) is 0 Å². The zero-order chi connectivity index (χ0) is 35.5. The smallest absolute Gasteiger partial charge is 0.412 e. The first-order valence-corrected chi connectivity index (χ1v) is 28.6. The number of carbonyl (C=O) groups excluding carboxylic acids is 2. The Labute approximate surface area is 284 Å². The van der Waals surface area contributed by atoms with Gasteiger partial charge in [-0.05, 0) is 107 Å². The van der Waals surface area contributed by atoms with Crippen LogP contribution in [0.4, 0.5) is 9.59 Å². The second-order valence-electron chi connectivity index (χ2n) is 16.7. The fourth-order valence-corrected chi connectivity index (χ4v) is 24.8. The highest BCUT2D eigenvalue weighted by atomic mass is 28.5. The molecule has 0 saturated heterocycles. The molecule has 1 aliphatic carbocycles. The van der Waals surface area contributed by atoms with Gasteiger partial charge >= 0.3 is 34.9 Å². The minimum atomic E-state index is -2.64. The highest BCUT2D eigenvalue weighted by Gasteiger charge is 2.45. The van der Waals surface area contributed by atoms with Crippen LogP contribution in [0.1, 0.15) is 40.0 Å². The van der Waals surface area contributed by atoms with Crippen LogP contribution in [0, 0.1) is 10.8 Å². The molecule has 3 atom stereocenters. The largest absolute Gasteiger partial charge is 0.437 e. The lowest BCUT2D eigenvalue weighted by atomic mass is 9.62. The van der Waals surface area contributed by atoms with Crippen molar-refractivity contribution >= 4 is 56.9 Å². The van der Waals surface area contributed by atoms with E-state index in [2.05, 4.69) is 95.6 Å². The van der Waals surface area contributed by atoms with Crippen LogP contribution in [-0.4, -0.2) is 65.0 Å². The van der Waals surface area contributed by atoms with Crippen LogP contribution in [0.15, 0.2) is 39.5 Å². The summed E-state index contributed by atoms with van der Waals surface area (Å²) in [6.45, 7) is 26.6. The Morgan fingerprint density at radius 3 is 2.15 bits per heavy atom. The third-order valence-corrected chi connectivity index (χ3v) is 21.1. The van der Waals surface area contributed by atoms with Gasteiger partial charge in [-0.2, -0.15) is 0 Å². The van der Waals surface area contributed by atoms with Crippen LogP contribution >= 0.6 is 0 Å². The van der Waals surface area contributed by atoms with Crippen molar-refractivity contribution in [1.82, 2.24) is 16.0 Å². The van der Waals surface area contributed by atoms with Gasteiger partial charge in [0.1, 0.15) is 11.3 Å². The molecule has 1 aromatic carbocycles. The molecule has 3 rings (SSSR count). The predicted octanol–water partition coefficient (Wildman–Crippen LogP) is 7.26. The number of nitrogens with one attached hydrogen (secondary N) is 3. The first-order valence-electron chi connectivity index (χ1n) is 16.5. The van der Waals surface area contributed by atoms with E-state index in [1.54, 1.807) is 18.2 Å². The van der Waals surface area contributed by atoms with E-state index in [1.165, 1.54) is 12.1 Å². The number of rotatable bonds is 13. The van der Waals surface area contributed by atoms with Gasteiger partial charge in [0.2, 0.25) is 0 Å². The van der Waals surface area contributed by atoms with Crippen LogP contribution in [0.2, 0.25) is 65.0 Å². The molecule has 2 aromatic rings. The molecule has 47 heavy (non-hydrogen) atoms. The summed E-state index contributed by atoms with van der Waals surface area (Å²) in [5.41, 5.74) is -0.434. The van der Waals surface area contributed by atoms with E-state index in [9.17, 15) is 14.4 Å². The maximum Gasteiger partial charge on any atom is 0.412 e. The molecule has 3 unspecified atom stereocenters. The van der Waals surface area contributed by atoms with E-state index >= 15 is 0 Å². The fourth-order valence-electron chi connectivity index (χ4n) is 7.09. The molecular weight excluding hydrogens is 667 g/mol. The lowest BCUT2D eigenvalue weighted by Gasteiger charge is -2.46. The van der Waals surface area contributed by atoms with Gasteiger partial charge in [-0.3, -0.25) is 0 Å². The van der Waals surface area contributed by atoms with Crippen molar-refractivity contribution in [2.75, 3.05) is 13.1 Å². The summed E-state index contributed by atoms with van der Waals surface area (Å²) in [6, 6.07) is 8.18. The van der Waals surface area contributed by atoms with E-state index in [4.69, 9.17) is 21.5 Å². The summed E-state index contributed by atoms with van der Waals surface area (Å²) in [5, 5.41) is 9.87. The molecule has 1 aromatic heterocycles. The van der Waals surface area contributed by atoms with Crippen LogP contribution in [0.3, 0.4) is 0 Å². The summed E-state index contributed by atoms with van der Waals surface area (Å²) in [6.07, 6.45) is 1.77. The van der Waals surface area contributed by atoms with E-state index in [-0.39, 0.29) is 28.7 Å². The number of fused-ring (bicyclic) bond motifs is 1. The zero-order valence-electron chi connectivity index (χ0n) is 30.5. The summed E-state index contributed by atoms with van der Waals surface area (Å²) in [4.78, 5) is 37.5. The molecule has 11 nitrogen and oxygen atoms in total. The third kappa shape index (κ3) is 13.6. The molecule has 3 N–H and O–H groups in total. The van der Waals surface area contributed by atoms with Crippen LogP contribution in [-0.2, 0) is 12.3 Å². The number of ether oxygens (including phenoxy) is 1. The second-order valence-corrected chi connectivity index (χ2v) is 33.1. The van der Waals surface area contributed by atoms with Crippen LogP contribution < -0.4 is 26.3 Å². The maximum atomic E-state index is 13.0. The Morgan fingerprint density at radius 1 is 0.872 bits per heavy atom. The predicted molar refractivity (Wildman–Crippen MR) is 196 cm³/mol. The van der Waals surface area contributed by atoms with Crippen LogP contribution in [0.25, 0.3) is 11.0 Å². The standard InChI is InChI=1S/C32H57N3O8Si4/c1-31(2)20-25(35-30(38)39-26-15-13-24-14-16-28(36)40-27(24)19-26)21-32(3,22-31)23-34-29(37)33-17-18-47(12,42-45(7,8)9)43-46(10,11)41-44(4,5)6/h13-16,19,25H,17-18,20-23H2,1-12H3,(H,35,38)(H2,33,34,37). The first kappa shape index (κ1) is 39.2. The number of benzene rings is 1. The fraction of sp³-hybridized carbons (Fsp3) is 0.656. The molecule has 0 aliphatic heterocycles. The zero-order valence-corrected chi connectivity index (χ0v) is 34.5. The monoisotopic (exact) mass is 723 g/mol. The first-order chi connectivity index (χ1) is 21.3. The lowest BCUT2D eigenvalue weighted by molar-refractivity contribution is 0.0719. The SMILES string of the molecule is CC1(C)CC(NC(=O)Oc2ccc3ccc(=O)oc3c2)CC(C)(CNC(=O)NCC[Si](C)(O[Si](C)(C)C)O[Si](C)(C)O[Si](C)(C)C)C1. The summed E-state index contributed by atoms with van der Waals surface area (Å²) in [5.74, 6) is 0.287. The summed E-state index contributed by atoms with van der Waals surface area (Å²) < 4.78 is 30.6. The van der Waals surface area contributed by atoms with Gasteiger partial charge in [0.25, 0.3) is 0 Å². The number of hydrogen-bond donors (Lipinski definition) is 3. The molecule has 1 saturated carbocycles. The lowest BCUT2D eigenvalue weighted by Crippen LogP contribution is -2.58. The normalized spacial score (nSPS) is 21.5. The highest BCUT2D eigenvalue weighted by Crippen LogP contribution is 2.45. The van der Waals surface area contributed by atoms with Crippen LogP contribution in [0.5, 0.6) is 5.75 Å². The quantitative estimate of drug-likeness (QED) is 0.145. The van der Waals surface area contributed by atoms with Gasteiger partial charge in [-0.1, -0.05) is 20.8 Å². The highest BCUT2D eigenvalue weighted by molar-refractivity contribution is 6.89. The van der Waals surface area contributed by atoms with Crippen molar-refractivity contribution in [2.45, 2.75) is 111 Å².